The number of carbonyl (C=O) groups is 1. The Balaban J connectivity index is 1.25. The molecular formula is C23H37N3O5S. The number of hydrogen-bond donors (Lipinski definition) is 2. The van der Waals surface area contributed by atoms with E-state index in [-0.39, 0.29) is 5.91 Å². The summed E-state index contributed by atoms with van der Waals surface area (Å²) in [5.74, 6) is 1.03. The van der Waals surface area contributed by atoms with Gasteiger partial charge >= 0.3 is 0 Å². The van der Waals surface area contributed by atoms with Crippen molar-refractivity contribution in [1.82, 2.24) is 10.2 Å². The summed E-state index contributed by atoms with van der Waals surface area (Å²) in [6.07, 6.45) is 2.21. The van der Waals surface area contributed by atoms with Crippen LogP contribution in [0.2, 0.25) is 0 Å². The van der Waals surface area contributed by atoms with E-state index in [0.717, 1.165) is 43.8 Å². The van der Waals surface area contributed by atoms with Crippen molar-refractivity contribution < 1.29 is 23.7 Å². The van der Waals surface area contributed by atoms with E-state index in [0.29, 0.717) is 65.4 Å². The SMILES string of the molecule is NCCOCCOCCOCCOCCSc1cccc2c1CN(C1CCCNC1)C2=O. The Morgan fingerprint density at radius 1 is 1.00 bits per heavy atom. The van der Waals surface area contributed by atoms with Gasteiger partial charge in [0, 0.05) is 41.9 Å². The van der Waals surface area contributed by atoms with Gasteiger partial charge in [-0.05, 0) is 37.1 Å². The molecule has 9 heteroatoms. The Labute approximate surface area is 195 Å². The maximum atomic E-state index is 12.9. The third kappa shape index (κ3) is 7.98. The van der Waals surface area contributed by atoms with Crippen molar-refractivity contribution in [2.24, 2.45) is 5.73 Å². The molecule has 0 spiro atoms. The van der Waals surface area contributed by atoms with E-state index in [1.54, 1.807) is 11.8 Å². The first-order valence-electron chi connectivity index (χ1n) is 11.6. The number of nitrogens with one attached hydrogen (secondary N) is 1. The fourth-order valence-corrected chi connectivity index (χ4v) is 4.86. The van der Waals surface area contributed by atoms with Gasteiger partial charge in [0.25, 0.3) is 5.91 Å². The summed E-state index contributed by atoms with van der Waals surface area (Å²) in [5, 5.41) is 3.41. The molecule has 3 rings (SSSR count). The lowest BCUT2D eigenvalue weighted by atomic mass is 10.1. The van der Waals surface area contributed by atoms with Crippen LogP contribution in [0.1, 0.15) is 28.8 Å². The topological polar surface area (TPSA) is 95.3 Å². The molecular weight excluding hydrogens is 430 g/mol. The van der Waals surface area contributed by atoms with Crippen LogP contribution >= 0.6 is 11.8 Å². The molecule has 0 saturated carbocycles. The fraction of sp³-hybridized carbons (Fsp3) is 0.696. The monoisotopic (exact) mass is 467 g/mol. The molecule has 0 aliphatic carbocycles. The highest BCUT2D eigenvalue weighted by Crippen LogP contribution is 2.34. The van der Waals surface area contributed by atoms with E-state index in [2.05, 4.69) is 11.4 Å². The lowest BCUT2D eigenvalue weighted by Gasteiger charge is -2.31. The highest BCUT2D eigenvalue weighted by Gasteiger charge is 2.34. The molecule has 1 amide bonds. The summed E-state index contributed by atoms with van der Waals surface area (Å²) in [4.78, 5) is 16.1. The van der Waals surface area contributed by atoms with E-state index in [1.165, 1.54) is 10.5 Å². The summed E-state index contributed by atoms with van der Waals surface area (Å²) in [6, 6.07) is 6.37. The molecule has 2 aliphatic heterocycles. The summed E-state index contributed by atoms with van der Waals surface area (Å²) < 4.78 is 21.8. The van der Waals surface area contributed by atoms with E-state index < -0.39 is 0 Å². The molecule has 2 aliphatic rings. The molecule has 180 valence electrons. The Hall–Kier alpha value is -1.20. The average molecular weight is 468 g/mol. The summed E-state index contributed by atoms with van der Waals surface area (Å²) >= 11 is 1.76. The normalized spacial score (nSPS) is 18.3. The zero-order chi connectivity index (χ0) is 22.4. The van der Waals surface area contributed by atoms with E-state index in [4.69, 9.17) is 24.7 Å². The molecule has 1 fully saturated rings. The van der Waals surface area contributed by atoms with E-state index >= 15 is 0 Å². The van der Waals surface area contributed by atoms with Crippen molar-refractivity contribution >= 4 is 17.7 Å². The van der Waals surface area contributed by atoms with Crippen molar-refractivity contribution in [3.05, 3.63) is 29.3 Å². The number of piperidine rings is 1. The highest BCUT2D eigenvalue weighted by molar-refractivity contribution is 7.99. The van der Waals surface area contributed by atoms with Gasteiger partial charge < -0.3 is 34.9 Å². The van der Waals surface area contributed by atoms with Gasteiger partial charge in [0.05, 0.1) is 52.9 Å². The van der Waals surface area contributed by atoms with Gasteiger partial charge in [0.15, 0.2) is 0 Å². The van der Waals surface area contributed by atoms with Crippen LogP contribution in [0.15, 0.2) is 23.1 Å². The number of thioether (sulfide) groups is 1. The number of benzene rings is 1. The van der Waals surface area contributed by atoms with Crippen LogP contribution in [-0.2, 0) is 25.5 Å². The molecule has 0 bridgehead atoms. The molecule has 2 heterocycles. The summed E-state index contributed by atoms with van der Waals surface area (Å²) in [5.41, 5.74) is 7.37. The quantitative estimate of drug-likeness (QED) is 0.279. The number of nitrogens with two attached hydrogens (primary N) is 1. The molecule has 3 N–H and O–H groups in total. The number of hydrogen-bond acceptors (Lipinski definition) is 8. The molecule has 1 atom stereocenters. The first-order valence-corrected chi connectivity index (χ1v) is 12.6. The van der Waals surface area contributed by atoms with Crippen molar-refractivity contribution in [1.29, 1.82) is 0 Å². The molecule has 0 radical (unpaired) electrons. The number of fused-ring (bicyclic) bond motifs is 1. The average Bonchev–Trinajstić information content (AvgIpc) is 3.17. The van der Waals surface area contributed by atoms with Crippen LogP contribution in [-0.4, -0.2) is 95.1 Å². The predicted molar refractivity (Wildman–Crippen MR) is 125 cm³/mol. The molecule has 1 unspecified atom stereocenters. The van der Waals surface area contributed by atoms with Gasteiger partial charge in [-0.1, -0.05) is 6.07 Å². The van der Waals surface area contributed by atoms with Gasteiger partial charge in [-0.3, -0.25) is 4.79 Å². The van der Waals surface area contributed by atoms with Crippen molar-refractivity contribution in [2.45, 2.75) is 30.3 Å². The maximum Gasteiger partial charge on any atom is 0.254 e. The van der Waals surface area contributed by atoms with Gasteiger partial charge in [-0.2, -0.15) is 0 Å². The van der Waals surface area contributed by atoms with Gasteiger partial charge in [-0.15, -0.1) is 11.8 Å². The second-order valence-electron chi connectivity index (χ2n) is 7.80. The number of amides is 1. The Morgan fingerprint density at radius 2 is 1.69 bits per heavy atom. The molecule has 8 nitrogen and oxygen atoms in total. The van der Waals surface area contributed by atoms with E-state index in [9.17, 15) is 4.79 Å². The smallest absolute Gasteiger partial charge is 0.254 e. The van der Waals surface area contributed by atoms with Gasteiger partial charge in [0.1, 0.15) is 0 Å². The Morgan fingerprint density at radius 3 is 2.34 bits per heavy atom. The number of rotatable bonds is 16. The molecule has 32 heavy (non-hydrogen) atoms. The summed E-state index contributed by atoms with van der Waals surface area (Å²) in [6.45, 7) is 7.75. The summed E-state index contributed by atoms with van der Waals surface area (Å²) in [7, 11) is 0. The zero-order valence-corrected chi connectivity index (χ0v) is 19.7. The standard InChI is InChI=1S/C23H37N3O5S/c24-6-8-28-9-10-29-11-12-30-13-14-31-15-16-32-22-5-1-4-20-21(22)18-26(23(20)27)19-3-2-7-25-17-19/h1,4-5,19,25H,2-3,6-18,24H2. The number of nitrogens with zero attached hydrogens (tertiary/aromatic N) is 1. The van der Waals surface area contributed by atoms with Gasteiger partial charge in [-0.25, -0.2) is 0 Å². The van der Waals surface area contributed by atoms with Crippen LogP contribution in [0.5, 0.6) is 0 Å². The number of carbonyl (C=O) groups excluding carboxylic acids is 1. The van der Waals surface area contributed by atoms with Crippen molar-refractivity contribution in [2.75, 3.05) is 78.2 Å². The second kappa shape index (κ2) is 14.8. The van der Waals surface area contributed by atoms with Crippen molar-refractivity contribution in [3.8, 4) is 0 Å². The Bertz CT molecular complexity index is 688. The third-order valence-electron chi connectivity index (χ3n) is 5.53. The Kier molecular flexibility index (Phi) is 11.8. The minimum Gasteiger partial charge on any atom is -0.378 e. The second-order valence-corrected chi connectivity index (χ2v) is 8.94. The van der Waals surface area contributed by atoms with Crippen LogP contribution < -0.4 is 11.1 Å². The minimum absolute atomic E-state index is 0.177. The third-order valence-corrected chi connectivity index (χ3v) is 6.59. The minimum atomic E-state index is 0.177. The zero-order valence-electron chi connectivity index (χ0n) is 18.9. The van der Waals surface area contributed by atoms with Crippen LogP contribution in [0.25, 0.3) is 0 Å². The lowest BCUT2D eigenvalue weighted by molar-refractivity contribution is 0.000640. The van der Waals surface area contributed by atoms with Crippen LogP contribution in [0, 0.1) is 0 Å². The molecule has 0 aromatic heterocycles. The van der Waals surface area contributed by atoms with E-state index in [1.807, 2.05) is 17.0 Å². The first-order chi connectivity index (χ1) is 15.8. The lowest BCUT2D eigenvalue weighted by Crippen LogP contribution is -2.46. The van der Waals surface area contributed by atoms with Crippen LogP contribution in [0.4, 0.5) is 0 Å². The van der Waals surface area contributed by atoms with Crippen molar-refractivity contribution in [3.63, 3.8) is 0 Å². The number of ether oxygens (including phenoxy) is 4. The predicted octanol–water partition coefficient (Wildman–Crippen LogP) is 1.51. The molecule has 1 aromatic rings. The van der Waals surface area contributed by atoms with Crippen LogP contribution in [0.3, 0.4) is 0 Å². The highest BCUT2D eigenvalue weighted by atomic mass is 32.2. The van der Waals surface area contributed by atoms with Gasteiger partial charge in [0.2, 0.25) is 0 Å². The molecule has 1 aromatic carbocycles. The first kappa shape index (κ1) is 25.4. The largest absolute Gasteiger partial charge is 0.378 e. The maximum absolute atomic E-state index is 12.9. The molecule has 1 saturated heterocycles. The fourth-order valence-electron chi connectivity index (χ4n) is 3.91.